The van der Waals surface area contributed by atoms with Gasteiger partial charge in [-0.15, -0.1) is 10.2 Å². The molecule has 0 aliphatic heterocycles. The van der Waals surface area contributed by atoms with Crippen molar-refractivity contribution in [1.82, 2.24) is 19.5 Å². The van der Waals surface area contributed by atoms with Gasteiger partial charge in [0.2, 0.25) is 10.0 Å². The molecule has 10 heteroatoms. The van der Waals surface area contributed by atoms with Gasteiger partial charge in [-0.1, -0.05) is 0 Å². The van der Waals surface area contributed by atoms with Crippen molar-refractivity contribution in [3.8, 4) is 11.6 Å². The van der Waals surface area contributed by atoms with Crippen molar-refractivity contribution in [2.75, 3.05) is 25.5 Å². The lowest BCUT2D eigenvalue weighted by Gasteiger charge is -2.09. The van der Waals surface area contributed by atoms with Gasteiger partial charge in [-0.25, -0.2) is 17.5 Å². The van der Waals surface area contributed by atoms with Gasteiger partial charge in [0.05, 0.1) is 12.0 Å². The largest absolute Gasteiger partial charge is 0.494 e. The second-order valence-corrected chi connectivity index (χ2v) is 7.25. The molecule has 142 valence electrons. The van der Waals surface area contributed by atoms with E-state index in [1.165, 1.54) is 19.2 Å². The standard InChI is InChI=1S/C17H18FN5O3S/c1-26-15-5-4-13(12-14(15)18)27(24,25)20-9-8-19-16-6-7-17(22-21-16)23-10-2-3-11-23/h2-7,10-12,20H,8-9H2,1H3,(H,19,21). The zero-order valence-corrected chi connectivity index (χ0v) is 15.3. The Morgan fingerprint density at radius 3 is 2.52 bits per heavy atom. The molecular weight excluding hydrogens is 373 g/mol. The maximum atomic E-state index is 13.7. The normalized spacial score (nSPS) is 11.3. The van der Waals surface area contributed by atoms with Crippen LogP contribution in [0.25, 0.3) is 5.82 Å². The number of halogens is 1. The summed E-state index contributed by atoms with van der Waals surface area (Å²) in [7, 11) is -2.51. The Hall–Kier alpha value is -2.98. The van der Waals surface area contributed by atoms with Crippen LogP contribution in [0.2, 0.25) is 0 Å². The highest BCUT2D eigenvalue weighted by Crippen LogP contribution is 2.20. The van der Waals surface area contributed by atoms with Crippen LogP contribution in [0.4, 0.5) is 10.2 Å². The number of nitrogens with one attached hydrogen (secondary N) is 2. The summed E-state index contributed by atoms with van der Waals surface area (Å²) in [5, 5.41) is 11.1. The Balaban J connectivity index is 1.52. The highest BCUT2D eigenvalue weighted by Gasteiger charge is 2.16. The number of aromatic nitrogens is 3. The molecule has 0 bridgehead atoms. The van der Waals surface area contributed by atoms with Gasteiger partial charge in [0.15, 0.2) is 17.4 Å². The van der Waals surface area contributed by atoms with Crippen LogP contribution in [0.5, 0.6) is 5.75 Å². The molecule has 3 aromatic rings. The SMILES string of the molecule is COc1ccc(S(=O)(=O)NCCNc2ccc(-n3cccc3)nn2)cc1F. The minimum Gasteiger partial charge on any atom is -0.494 e. The number of sulfonamides is 1. The summed E-state index contributed by atoms with van der Waals surface area (Å²) in [6.45, 7) is 0.381. The first-order valence-electron chi connectivity index (χ1n) is 8.04. The molecule has 0 aliphatic rings. The highest BCUT2D eigenvalue weighted by molar-refractivity contribution is 7.89. The molecule has 0 unspecified atom stereocenters. The Bertz CT molecular complexity index is 992. The minimum absolute atomic E-state index is 0.0162. The molecule has 0 aliphatic carbocycles. The molecular formula is C17H18FN5O3S. The van der Waals surface area contributed by atoms with Crippen molar-refractivity contribution < 1.29 is 17.5 Å². The van der Waals surface area contributed by atoms with Crippen molar-refractivity contribution in [3.05, 3.63) is 60.7 Å². The van der Waals surface area contributed by atoms with Crippen LogP contribution in [-0.4, -0.2) is 43.4 Å². The van der Waals surface area contributed by atoms with E-state index in [-0.39, 0.29) is 23.7 Å². The Morgan fingerprint density at radius 2 is 1.89 bits per heavy atom. The predicted molar refractivity (Wildman–Crippen MR) is 98.0 cm³/mol. The predicted octanol–water partition coefficient (Wildman–Crippen LogP) is 1.81. The summed E-state index contributed by atoms with van der Waals surface area (Å²) in [6, 6.07) is 10.8. The quantitative estimate of drug-likeness (QED) is 0.569. The summed E-state index contributed by atoms with van der Waals surface area (Å²) in [5.41, 5.74) is 0. The molecule has 0 saturated carbocycles. The topological polar surface area (TPSA) is 98.1 Å². The zero-order chi connectivity index (χ0) is 19.3. The lowest BCUT2D eigenvalue weighted by molar-refractivity contribution is 0.385. The third-order valence-corrected chi connectivity index (χ3v) is 5.13. The first-order valence-corrected chi connectivity index (χ1v) is 9.52. The molecule has 0 spiro atoms. The zero-order valence-electron chi connectivity index (χ0n) is 14.5. The van der Waals surface area contributed by atoms with E-state index in [2.05, 4.69) is 20.2 Å². The molecule has 0 fully saturated rings. The van der Waals surface area contributed by atoms with Crippen molar-refractivity contribution in [2.45, 2.75) is 4.90 Å². The van der Waals surface area contributed by atoms with Gasteiger partial charge in [-0.3, -0.25) is 0 Å². The first-order chi connectivity index (χ1) is 13.0. The fourth-order valence-corrected chi connectivity index (χ4v) is 3.36. The van der Waals surface area contributed by atoms with Gasteiger partial charge < -0.3 is 14.6 Å². The lowest BCUT2D eigenvalue weighted by atomic mass is 10.3. The van der Waals surface area contributed by atoms with E-state index in [4.69, 9.17) is 4.74 Å². The molecule has 3 rings (SSSR count). The first kappa shape index (κ1) is 18.8. The van der Waals surface area contributed by atoms with Crippen LogP contribution < -0.4 is 14.8 Å². The van der Waals surface area contributed by atoms with Crippen molar-refractivity contribution in [3.63, 3.8) is 0 Å². The fourth-order valence-electron chi connectivity index (χ4n) is 2.32. The Labute approximate surface area is 156 Å². The summed E-state index contributed by atoms with van der Waals surface area (Å²) in [6.07, 6.45) is 3.71. The summed E-state index contributed by atoms with van der Waals surface area (Å²) < 4.78 is 47.1. The van der Waals surface area contributed by atoms with E-state index in [0.717, 1.165) is 6.07 Å². The molecule has 0 radical (unpaired) electrons. The van der Waals surface area contributed by atoms with Crippen molar-refractivity contribution in [1.29, 1.82) is 0 Å². The van der Waals surface area contributed by atoms with E-state index in [9.17, 15) is 12.8 Å². The average Bonchev–Trinajstić information content (AvgIpc) is 3.20. The summed E-state index contributed by atoms with van der Waals surface area (Å²) in [4.78, 5) is -0.170. The van der Waals surface area contributed by atoms with Crippen molar-refractivity contribution in [2.24, 2.45) is 0 Å². The van der Waals surface area contributed by atoms with E-state index in [1.807, 2.05) is 29.1 Å². The Kier molecular flexibility index (Phi) is 5.67. The summed E-state index contributed by atoms with van der Waals surface area (Å²) in [5.74, 6) is 0.433. The number of nitrogens with zero attached hydrogens (tertiary/aromatic N) is 3. The maximum absolute atomic E-state index is 13.7. The molecule has 8 nitrogen and oxygen atoms in total. The van der Waals surface area contributed by atoms with Gasteiger partial charge in [0.1, 0.15) is 5.82 Å². The second-order valence-electron chi connectivity index (χ2n) is 5.49. The number of hydrogen-bond acceptors (Lipinski definition) is 6. The number of rotatable bonds is 8. The average molecular weight is 391 g/mol. The van der Waals surface area contributed by atoms with E-state index < -0.39 is 15.8 Å². The van der Waals surface area contributed by atoms with Gasteiger partial charge in [0, 0.05) is 25.5 Å². The molecule has 0 amide bonds. The molecule has 0 atom stereocenters. The Morgan fingerprint density at radius 1 is 1.11 bits per heavy atom. The third kappa shape index (κ3) is 4.60. The third-order valence-electron chi connectivity index (χ3n) is 3.68. The van der Waals surface area contributed by atoms with Crippen LogP contribution in [0, 0.1) is 5.82 Å². The number of hydrogen-bond donors (Lipinski definition) is 2. The lowest BCUT2D eigenvalue weighted by Crippen LogP contribution is -2.29. The van der Waals surface area contributed by atoms with Crippen LogP contribution in [0.3, 0.4) is 0 Å². The van der Waals surface area contributed by atoms with Gasteiger partial charge in [0.25, 0.3) is 0 Å². The number of benzene rings is 1. The van der Waals surface area contributed by atoms with Crippen LogP contribution in [-0.2, 0) is 10.0 Å². The van der Waals surface area contributed by atoms with E-state index in [0.29, 0.717) is 11.6 Å². The van der Waals surface area contributed by atoms with Gasteiger partial charge in [-0.05, 0) is 42.5 Å². The molecule has 2 heterocycles. The summed E-state index contributed by atoms with van der Waals surface area (Å²) >= 11 is 0. The maximum Gasteiger partial charge on any atom is 0.240 e. The van der Waals surface area contributed by atoms with Crippen LogP contribution in [0.1, 0.15) is 0 Å². The monoisotopic (exact) mass is 391 g/mol. The number of ether oxygens (including phenoxy) is 1. The van der Waals surface area contributed by atoms with Crippen LogP contribution >= 0.6 is 0 Å². The van der Waals surface area contributed by atoms with E-state index >= 15 is 0 Å². The number of anilines is 1. The number of methoxy groups -OCH3 is 1. The molecule has 2 N–H and O–H groups in total. The van der Waals surface area contributed by atoms with Crippen molar-refractivity contribution >= 4 is 15.8 Å². The van der Waals surface area contributed by atoms with Gasteiger partial charge in [-0.2, -0.15) is 0 Å². The molecule has 0 saturated heterocycles. The van der Waals surface area contributed by atoms with Crippen LogP contribution in [0.15, 0.2) is 59.8 Å². The molecule has 1 aromatic carbocycles. The highest BCUT2D eigenvalue weighted by atomic mass is 32.2. The van der Waals surface area contributed by atoms with E-state index in [1.54, 1.807) is 12.1 Å². The second kappa shape index (κ2) is 8.14. The smallest absolute Gasteiger partial charge is 0.240 e. The molecule has 27 heavy (non-hydrogen) atoms. The fraction of sp³-hybridized carbons (Fsp3) is 0.176. The van der Waals surface area contributed by atoms with Gasteiger partial charge >= 0.3 is 0 Å². The molecule has 2 aromatic heterocycles. The minimum atomic E-state index is -3.82.